The molecule has 1 aliphatic rings. The second-order valence-corrected chi connectivity index (χ2v) is 13.0. The zero-order chi connectivity index (χ0) is 29.2. The van der Waals surface area contributed by atoms with Crippen LogP contribution in [0.25, 0.3) is 0 Å². The molecule has 1 aliphatic carbocycles. The third-order valence-corrected chi connectivity index (χ3v) is 8.84. The number of halogens is 1. The fourth-order valence-electron chi connectivity index (χ4n) is 5.35. The van der Waals surface area contributed by atoms with Crippen LogP contribution in [0.4, 0.5) is 5.69 Å². The fraction of sp³-hybridized carbons (Fsp3) is 0.375. The summed E-state index contributed by atoms with van der Waals surface area (Å²) in [6.45, 7) is 0.362. The van der Waals surface area contributed by atoms with Crippen molar-refractivity contribution in [2.75, 3.05) is 17.1 Å². The molecule has 3 aromatic carbocycles. The number of carbonyl (C=O) groups is 2. The van der Waals surface area contributed by atoms with Crippen LogP contribution < -0.4 is 9.62 Å². The molecule has 1 atom stereocenters. The number of nitrogens with one attached hydrogen (secondary N) is 1. The Hall–Kier alpha value is -3.36. The maximum Gasteiger partial charge on any atom is 0.243 e. The van der Waals surface area contributed by atoms with Gasteiger partial charge in [0, 0.05) is 37.0 Å². The van der Waals surface area contributed by atoms with Crippen LogP contribution >= 0.6 is 11.6 Å². The molecule has 1 fully saturated rings. The Morgan fingerprint density at radius 3 is 2.20 bits per heavy atom. The molecule has 0 spiro atoms. The number of nitrogens with zero attached hydrogens (tertiary/aromatic N) is 2. The van der Waals surface area contributed by atoms with E-state index in [4.69, 9.17) is 11.6 Å². The van der Waals surface area contributed by atoms with Gasteiger partial charge in [0.05, 0.1) is 11.9 Å². The second-order valence-electron chi connectivity index (χ2n) is 10.6. The van der Waals surface area contributed by atoms with E-state index in [-0.39, 0.29) is 37.4 Å². The van der Waals surface area contributed by atoms with E-state index in [2.05, 4.69) is 5.32 Å². The minimum atomic E-state index is -3.54. The molecule has 0 bridgehead atoms. The van der Waals surface area contributed by atoms with Crippen molar-refractivity contribution >= 4 is 39.1 Å². The number of rotatable bonds is 13. The van der Waals surface area contributed by atoms with E-state index in [1.165, 1.54) is 4.31 Å². The summed E-state index contributed by atoms with van der Waals surface area (Å²) in [4.78, 5) is 29.3. The summed E-state index contributed by atoms with van der Waals surface area (Å²) in [5, 5.41) is 3.75. The van der Waals surface area contributed by atoms with Crippen molar-refractivity contribution in [1.82, 2.24) is 10.2 Å². The first-order valence-electron chi connectivity index (χ1n) is 14.1. The van der Waals surface area contributed by atoms with E-state index in [1.807, 2.05) is 48.5 Å². The van der Waals surface area contributed by atoms with Crippen LogP contribution in [-0.4, -0.2) is 50.0 Å². The average molecular weight is 596 g/mol. The van der Waals surface area contributed by atoms with Crippen molar-refractivity contribution in [1.29, 1.82) is 0 Å². The number of anilines is 1. The number of amides is 2. The highest BCUT2D eigenvalue weighted by Crippen LogP contribution is 2.22. The van der Waals surface area contributed by atoms with Gasteiger partial charge in [0.1, 0.15) is 6.04 Å². The maximum atomic E-state index is 13.9. The molecule has 0 heterocycles. The Bertz CT molecular complexity index is 1400. The summed E-state index contributed by atoms with van der Waals surface area (Å²) < 4.78 is 26.4. The van der Waals surface area contributed by atoms with Crippen LogP contribution in [0.5, 0.6) is 0 Å². The molecule has 1 saturated carbocycles. The van der Waals surface area contributed by atoms with Gasteiger partial charge in [-0.05, 0) is 54.7 Å². The van der Waals surface area contributed by atoms with Crippen molar-refractivity contribution in [2.45, 2.75) is 63.6 Å². The summed E-state index contributed by atoms with van der Waals surface area (Å²) in [6, 6.07) is 25.2. The molecule has 1 N–H and O–H groups in total. The first-order valence-corrected chi connectivity index (χ1v) is 16.3. The molecule has 7 nitrogen and oxygen atoms in total. The molecule has 2 amide bonds. The standard InChI is InChI=1S/C32H38ClN3O4S/c1-41(39,40)36(29-18-6-3-7-19-29)21-11-20-31(37)35(24-26-14-10-15-27(33)22-26)30(23-25-12-4-2-5-13-25)32(38)34-28-16-8-9-17-28/h2-7,10,12-15,18-19,22,28,30H,8-9,11,16-17,20-21,23-24H2,1H3,(H,34,38). The number of carbonyl (C=O) groups excluding carboxylic acids is 2. The van der Waals surface area contributed by atoms with Gasteiger partial charge in [0.25, 0.3) is 0 Å². The number of hydrogen-bond donors (Lipinski definition) is 1. The van der Waals surface area contributed by atoms with Crippen LogP contribution in [0.3, 0.4) is 0 Å². The highest BCUT2D eigenvalue weighted by Gasteiger charge is 2.32. The summed E-state index contributed by atoms with van der Waals surface area (Å²) in [5.74, 6) is -0.382. The maximum absolute atomic E-state index is 13.9. The predicted molar refractivity (Wildman–Crippen MR) is 164 cm³/mol. The molecule has 1 unspecified atom stereocenters. The molecule has 218 valence electrons. The molecule has 4 rings (SSSR count). The number of hydrogen-bond acceptors (Lipinski definition) is 4. The van der Waals surface area contributed by atoms with Crippen LogP contribution in [0.1, 0.15) is 49.7 Å². The lowest BCUT2D eigenvalue weighted by Crippen LogP contribution is -2.52. The summed E-state index contributed by atoms with van der Waals surface area (Å²) in [5.41, 5.74) is 2.33. The molecule has 0 aliphatic heterocycles. The molecule has 0 aromatic heterocycles. The van der Waals surface area contributed by atoms with Crippen LogP contribution in [0.15, 0.2) is 84.9 Å². The largest absolute Gasteiger partial charge is 0.352 e. The average Bonchev–Trinajstić information content (AvgIpc) is 3.46. The highest BCUT2D eigenvalue weighted by molar-refractivity contribution is 7.92. The van der Waals surface area contributed by atoms with Gasteiger partial charge in [0.15, 0.2) is 0 Å². The number of para-hydroxylation sites is 1. The zero-order valence-electron chi connectivity index (χ0n) is 23.4. The molecule has 41 heavy (non-hydrogen) atoms. The predicted octanol–water partition coefficient (Wildman–Crippen LogP) is 5.59. The Morgan fingerprint density at radius 1 is 0.927 bits per heavy atom. The Balaban J connectivity index is 1.58. The van der Waals surface area contributed by atoms with Crippen molar-refractivity contribution in [3.63, 3.8) is 0 Å². The Kier molecular flexibility index (Phi) is 10.8. The van der Waals surface area contributed by atoms with Gasteiger partial charge in [-0.3, -0.25) is 13.9 Å². The quantitative estimate of drug-likeness (QED) is 0.279. The lowest BCUT2D eigenvalue weighted by Gasteiger charge is -2.33. The SMILES string of the molecule is CS(=O)(=O)N(CCCC(=O)N(Cc1cccc(Cl)c1)C(Cc1ccccc1)C(=O)NC1CCCC1)c1ccccc1. The highest BCUT2D eigenvalue weighted by atomic mass is 35.5. The Morgan fingerprint density at radius 2 is 1.56 bits per heavy atom. The van der Waals surface area contributed by atoms with Gasteiger partial charge in [-0.15, -0.1) is 0 Å². The molecule has 0 radical (unpaired) electrons. The molecular weight excluding hydrogens is 558 g/mol. The minimum absolute atomic E-state index is 0.0847. The third-order valence-electron chi connectivity index (χ3n) is 7.41. The summed E-state index contributed by atoms with van der Waals surface area (Å²) in [6.07, 6.45) is 5.95. The van der Waals surface area contributed by atoms with Crippen LogP contribution in [-0.2, 0) is 32.6 Å². The smallest absolute Gasteiger partial charge is 0.243 e. The second kappa shape index (κ2) is 14.5. The van der Waals surface area contributed by atoms with Gasteiger partial charge in [-0.1, -0.05) is 85.1 Å². The molecule has 9 heteroatoms. The van der Waals surface area contributed by atoms with E-state index < -0.39 is 16.1 Å². The molecule has 3 aromatic rings. The van der Waals surface area contributed by atoms with E-state index in [0.717, 1.165) is 43.1 Å². The van der Waals surface area contributed by atoms with E-state index in [9.17, 15) is 18.0 Å². The normalized spacial score (nSPS) is 14.4. The molecule has 0 saturated heterocycles. The molecular formula is C32H38ClN3O4S. The Labute approximate surface area is 248 Å². The van der Waals surface area contributed by atoms with Crippen LogP contribution in [0.2, 0.25) is 5.02 Å². The van der Waals surface area contributed by atoms with Gasteiger partial charge < -0.3 is 10.2 Å². The van der Waals surface area contributed by atoms with Gasteiger partial charge >= 0.3 is 0 Å². The minimum Gasteiger partial charge on any atom is -0.352 e. The van der Waals surface area contributed by atoms with Crippen molar-refractivity contribution in [3.8, 4) is 0 Å². The lowest BCUT2D eigenvalue weighted by molar-refractivity contribution is -0.141. The van der Waals surface area contributed by atoms with Crippen molar-refractivity contribution in [3.05, 3.63) is 101 Å². The van der Waals surface area contributed by atoms with Crippen molar-refractivity contribution < 1.29 is 18.0 Å². The summed E-state index contributed by atoms with van der Waals surface area (Å²) >= 11 is 6.27. The number of sulfonamides is 1. The lowest BCUT2D eigenvalue weighted by atomic mass is 10.0. The fourth-order valence-corrected chi connectivity index (χ4v) is 6.53. The number of benzene rings is 3. The van der Waals surface area contributed by atoms with E-state index in [0.29, 0.717) is 23.6 Å². The monoisotopic (exact) mass is 595 g/mol. The zero-order valence-corrected chi connectivity index (χ0v) is 25.0. The van der Waals surface area contributed by atoms with Gasteiger partial charge in [0.2, 0.25) is 21.8 Å². The first-order chi connectivity index (χ1) is 19.7. The third kappa shape index (κ3) is 9.07. The van der Waals surface area contributed by atoms with E-state index >= 15 is 0 Å². The topological polar surface area (TPSA) is 86.8 Å². The van der Waals surface area contributed by atoms with Gasteiger partial charge in [-0.2, -0.15) is 0 Å². The van der Waals surface area contributed by atoms with E-state index in [1.54, 1.807) is 41.3 Å². The van der Waals surface area contributed by atoms with Crippen LogP contribution in [0, 0.1) is 0 Å². The van der Waals surface area contributed by atoms with Crippen molar-refractivity contribution in [2.24, 2.45) is 0 Å². The first kappa shape index (κ1) is 30.6. The van der Waals surface area contributed by atoms with Gasteiger partial charge in [-0.25, -0.2) is 8.42 Å². The summed E-state index contributed by atoms with van der Waals surface area (Å²) in [7, 11) is -3.54.